The lowest BCUT2D eigenvalue weighted by Crippen LogP contribution is -1.99. The molecule has 0 spiro atoms. The fourth-order valence-electron chi connectivity index (χ4n) is 9.89. The van der Waals surface area contributed by atoms with Crippen molar-refractivity contribution in [2.75, 3.05) is 0 Å². The molecule has 0 amide bonds. The number of nitrogens with zero attached hydrogens (tertiary/aromatic N) is 4. The van der Waals surface area contributed by atoms with E-state index in [1.165, 1.54) is 65.3 Å². The fraction of sp³-hybridized carbons (Fsp3) is 0. The van der Waals surface area contributed by atoms with Gasteiger partial charge in [0.2, 0.25) is 0 Å². The molecule has 0 N–H and O–H groups in total. The summed E-state index contributed by atoms with van der Waals surface area (Å²) in [6.07, 6.45) is 0. The van der Waals surface area contributed by atoms with E-state index in [0.29, 0.717) is 0 Å². The van der Waals surface area contributed by atoms with Crippen LogP contribution in [0.3, 0.4) is 0 Å². The van der Waals surface area contributed by atoms with Crippen LogP contribution in [0.15, 0.2) is 218 Å². The van der Waals surface area contributed by atoms with E-state index in [0.717, 1.165) is 56.0 Å². The third-order valence-corrected chi connectivity index (χ3v) is 12.7. The van der Waals surface area contributed by atoms with Crippen molar-refractivity contribution >= 4 is 76.2 Å². The molecule has 4 heteroatoms. The summed E-state index contributed by atoms with van der Waals surface area (Å²) < 4.78 is 4.89. The number of hydrogen-bond donors (Lipinski definition) is 0. The third-order valence-electron chi connectivity index (χ3n) is 12.7. The fourth-order valence-corrected chi connectivity index (χ4v) is 9.89. The Labute approximate surface area is 357 Å². The van der Waals surface area contributed by atoms with Gasteiger partial charge in [0.1, 0.15) is 0 Å². The van der Waals surface area contributed by atoms with Crippen LogP contribution in [0.25, 0.3) is 121 Å². The Kier molecular flexibility index (Phi) is 7.57. The zero-order chi connectivity index (χ0) is 40.7. The summed E-state index contributed by atoms with van der Waals surface area (Å²) in [5, 5.41) is 9.96. The molecule has 0 aliphatic heterocycles. The van der Waals surface area contributed by atoms with Crippen molar-refractivity contribution in [3.05, 3.63) is 218 Å². The van der Waals surface area contributed by atoms with E-state index in [1.54, 1.807) is 0 Å². The first-order valence-electron chi connectivity index (χ1n) is 21.2. The van der Waals surface area contributed by atoms with Crippen LogP contribution in [-0.2, 0) is 0 Å². The van der Waals surface area contributed by atoms with Gasteiger partial charge in [0.05, 0.1) is 44.5 Å². The first-order valence-corrected chi connectivity index (χ1v) is 21.2. The van der Waals surface area contributed by atoms with E-state index < -0.39 is 0 Å². The number of benzene rings is 10. The molecule has 13 aromatic rings. The lowest BCUT2D eigenvalue weighted by molar-refractivity contribution is 1.17. The van der Waals surface area contributed by atoms with Crippen molar-refractivity contribution in [3.63, 3.8) is 0 Å². The zero-order valence-electron chi connectivity index (χ0n) is 33.6. The first-order chi connectivity index (χ1) is 30.8. The largest absolute Gasteiger partial charge is 0.309 e. The first kappa shape index (κ1) is 34.5. The second-order valence-electron chi connectivity index (χ2n) is 16.1. The average Bonchev–Trinajstić information content (AvgIpc) is 3.86. The van der Waals surface area contributed by atoms with E-state index >= 15 is 0 Å². The van der Waals surface area contributed by atoms with E-state index in [1.807, 2.05) is 6.07 Å². The topological polar surface area (TPSA) is 35.6 Å². The van der Waals surface area contributed by atoms with Crippen LogP contribution in [0.1, 0.15) is 0 Å². The highest BCUT2D eigenvalue weighted by Gasteiger charge is 2.23. The summed E-state index contributed by atoms with van der Waals surface area (Å²) in [7, 11) is 0. The summed E-state index contributed by atoms with van der Waals surface area (Å²) in [5.74, 6) is 0. The standard InChI is InChI=1S/C58H36N4/c1-4-16-37(17-5-1)38-28-30-40(31-29-38)57-56(39-18-6-2-7-19-39)59-50-33-32-42(34-51(50)60-57)61-52-27-15-14-24-45(52)48-35-49-54(36-53(48)61)62(41-20-8-3-9-21-41)58-47-26-13-11-23-44(47)43-22-10-12-25-46(43)55(49)58/h1-36H. The molecule has 0 bridgehead atoms. The molecule has 0 fully saturated rings. The molecule has 4 nitrogen and oxygen atoms in total. The van der Waals surface area contributed by atoms with Crippen LogP contribution >= 0.6 is 0 Å². The number of fused-ring (bicyclic) bond motifs is 12. The van der Waals surface area contributed by atoms with Crippen molar-refractivity contribution < 1.29 is 0 Å². The molecule has 0 aliphatic rings. The number of rotatable bonds is 5. The van der Waals surface area contributed by atoms with Crippen molar-refractivity contribution in [3.8, 4) is 45.0 Å². The summed E-state index contributed by atoms with van der Waals surface area (Å²) in [6.45, 7) is 0. The van der Waals surface area contributed by atoms with Gasteiger partial charge in [-0.25, -0.2) is 9.97 Å². The molecular formula is C58H36N4. The van der Waals surface area contributed by atoms with Crippen LogP contribution in [-0.4, -0.2) is 19.1 Å². The molecule has 0 saturated carbocycles. The monoisotopic (exact) mass is 788 g/mol. The number of para-hydroxylation sites is 2. The summed E-state index contributed by atoms with van der Waals surface area (Å²) in [5.41, 5.74) is 14.7. The molecule has 0 unspecified atom stereocenters. The second-order valence-corrected chi connectivity index (χ2v) is 16.1. The maximum Gasteiger partial charge on any atom is 0.0973 e. The van der Waals surface area contributed by atoms with Gasteiger partial charge in [-0.2, -0.15) is 0 Å². The molecule has 10 aromatic carbocycles. The van der Waals surface area contributed by atoms with E-state index in [-0.39, 0.29) is 0 Å². The Hall–Kier alpha value is -8.34. The van der Waals surface area contributed by atoms with Crippen molar-refractivity contribution in [2.45, 2.75) is 0 Å². The molecule has 0 atom stereocenters. The maximum absolute atomic E-state index is 5.47. The van der Waals surface area contributed by atoms with Crippen LogP contribution in [0.5, 0.6) is 0 Å². The van der Waals surface area contributed by atoms with Gasteiger partial charge >= 0.3 is 0 Å². The highest BCUT2D eigenvalue weighted by Crippen LogP contribution is 2.45. The Morgan fingerprint density at radius 2 is 0.790 bits per heavy atom. The molecule has 3 aromatic heterocycles. The Balaban J connectivity index is 1.08. The molecule has 13 rings (SSSR count). The maximum atomic E-state index is 5.47. The molecular weight excluding hydrogens is 753 g/mol. The van der Waals surface area contributed by atoms with Crippen molar-refractivity contribution in [1.82, 2.24) is 19.1 Å². The predicted octanol–water partition coefficient (Wildman–Crippen LogP) is 15.1. The van der Waals surface area contributed by atoms with Crippen LogP contribution in [0.4, 0.5) is 0 Å². The van der Waals surface area contributed by atoms with Crippen LogP contribution < -0.4 is 0 Å². The third kappa shape index (κ3) is 5.20. The minimum atomic E-state index is 0.840. The van der Waals surface area contributed by atoms with Crippen LogP contribution in [0.2, 0.25) is 0 Å². The zero-order valence-corrected chi connectivity index (χ0v) is 33.6. The normalized spacial score (nSPS) is 11.9. The van der Waals surface area contributed by atoms with Gasteiger partial charge in [-0.3, -0.25) is 0 Å². The Morgan fingerprint density at radius 1 is 0.274 bits per heavy atom. The van der Waals surface area contributed by atoms with Gasteiger partial charge in [0.15, 0.2) is 0 Å². The lowest BCUT2D eigenvalue weighted by Gasteiger charge is -2.14. The van der Waals surface area contributed by atoms with Gasteiger partial charge in [-0.15, -0.1) is 0 Å². The molecule has 3 heterocycles. The molecule has 288 valence electrons. The summed E-state index contributed by atoms with van der Waals surface area (Å²) in [4.78, 5) is 10.8. The van der Waals surface area contributed by atoms with Crippen molar-refractivity contribution in [2.24, 2.45) is 0 Å². The molecule has 62 heavy (non-hydrogen) atoms. The van der Waals surface area contributed by atoms with Gasteiger partial charge in [-0.1, -0.05) is 170 Å². The summed E-state index contributed by atoms with van der Waals surface area (Å²) >= 11 is 0. The smallest absolute Gasteiger partial charge is 0.0973 e. The van der Waals surface area contributed by atoms with Gasteiger partial charge in [-0.05, 0) is 75.8 Å². The quantitative estimate of drug-likeness (QED) is 0.163. The van der Waals surface area contributed by atoms with Gasteiger partial charge in [0, 0.05) is 49.4 Å². The SMILES string of the molecule is c1ccc(-c2ccc(-c3nc4cc(-n5c6ccccc6c6cc7c8c9ccccc9c9ccccc9c8n(-c8ccccc8)c7cc65)ccc4nc3-c3ccccc3)cc2)cc1. The molecule has 0 radical (unpaired) electrons. The highest BCUT2D eigenvalue weighted by molar-refractivity contribution is 6.33. The van der Waals surface area contributed by atoms with E-state index in [4.69, 9.17) is 9.97 Å². The number of hydrogen-bond acceptors (Lipinski definition) is 2. The van der Waals surface area contributed by atoms with Gasteiger partial charge < -0.3 is 9.13 Å². The number of aromatic nitrogens is 4. The van der Waals surface area contributed by atoms with Crippen molar-refractivity contribution in [1.29, 1.82) is 0 Å². The minimum Gasteiger partial charge on any atom is -0.309 e. The van der Waals surface area contributed by atoms with E-state index in [2.05, 4.69) is 221 Å². The lowest BCUT2D eigenvalue weighted by atomic mass is 9.96. The van der Waals surface area contributed by atoms with Gasteiger partial charge in [0.25, 0.3) is 0 Å². The Morgan fingerprint density at radius 3 is 1.52 bits per heavy atom. The van der Waals surface area contributed by atoms with Crippen LogP contribution in [0, 0.1) is 0 Å². The minimum absolute atomic E-state index is 0.840. The predicted molar refractivity (Wildman–Crippen MR) is 260 cm³/mol. The average molecular weight is 789 g/mol. The Bertz CT molecular complexity index is 3880. The second kappa shape index (κ2) is 13.6. The molecule has 0 saturated heterocycles. The van der Waals surface area contributed by atoms with E-state index in [9.17, 15) is 0 Å². The highest BCUT2D eigenvalue weighted by atomic mass is 15.0. The molecule has 0 aliphatic carbocycles. The summed E-state index contributed by atoms with van der Waals surface area (Å²) in [6, 6.07) is 78.3.